The SMILES string of the molecule is CN(CC(=O)Nc1ccccc1Cl)Cc1ccc(-c2ccccc2C#N)cc1. The molecule has 0 aromatic heterocycles. The van der Waals surface area contributed by atoms with Crippen LogP contribution in [0, 0.1) is 11.3 Å². The van der Waals surface area contributed by atoms with Gasteiger partial charge in [-0.25, -0.2) is 0 Å². The molecule has 0 atom stereocenters. The first-order valence-corrected chi connectivity index (χ1v) is 9.26. The number of anilines is 1. The van der Waals surface area contributed by atoms with Gasteiger partial charge < -0.3 is 5.32 Å². The number of nitriles is 1. The quantitative estimate of drug-likeness (QED) is 0.649. The van der Waals surface area contributed by atoms with Crippen LogP contribution in [-0.4, -0.2) is 24.4 Å². The van der Waals surface area contributed by atoms with Crippen LogP contribution >= 0.6 is 11.6 Å². The van der Waals surface area contributed by atoms with Crippen molar-refractivity contribution in [3.8, 4) is 17.2 Å². The molecule has 0 aliphatic carbocycles. The van der Waals surface area contributed by atoms with Crippen molar-refractivity contribution in [2.75, 3.05) is 18.9 Å². The van der Waals surface area contributed by atoms with Crippen LogP contribution in [-0.2, 0) is 11.3 Å². The minimum Gasteiger partial charge on any atom is -0.324 e. The van der Waals surface area contributed by atoms with Gasteiger partial charge in [0, 0.05) is 6.54 Å². The van der Waals surface area contributed by atoms with Crippen molar-refractivity contribution in [1.82, 2.24) is 4.90 Å². The largest absolute Gasteiger partial charge is 0.324 e. The number of carbonyl (C=O) groups excluding carboxylic acids is 1. The summed E-state index contributed by atoms with van der Waals surface area (Å²) in [6.07, 6.45) is 0. The average molecular weight is 390 g/mol. The van der Waals surface area contributed by atoms with E-state index in [0.717, 1.165) is 16.7 Å². The van der Waals surface area contributed by atoms with Crippen molar-refractivity contribution in [2.24, 2.45) is 0 Å². The summed E-state index contributed by atoms with van der Waals surface area (Å²) in [5.74, 6) is -0.116. The standard InChI is InChI=1S/C23H20ClN3O/c1-27(16-23(28)26-22-9-5-4-8-21(22)24)15-17-10-12-18(13-11-17)20-7-3-2-6-19(20)14-25/h2-13H,15-16H2,1H3,(H,26,28). The Bertz CT molecular complexity index is 1010. The highest BCUT2D eigenvalue weighted by Crippen LogP contribution is 2.24. The Kier molecular flexibility index (Phi) is 6.44. The number of carbonyl (C=O) groups is 1. The van der Waals surface area contributed by atoms with Crippen LogP contribution in [0.3, 0.4) is 0 Å². The van der Waals surface area contributed by atoms with Crippen molar-refractivity contribution in [3.63, 3.8) is 0 Å². The van der Waals surface area contributed by atoms with Crippen LogP contribution in [0.5, 0.6) is 0 Å². The highest BCUT2D eigenvalue weighted by atomic mass is 35.5. The number of nitrogens with one attached hydrogen (secondary N) is 1. The molecule has 3 aromatic rings. The van der Waals surface area contributed by atoms with E-state index in [4.69, 9.17) is 11.6 Å². The first-order valence-electron chi connectivity index (χ1n) is 8.88. The molecular formula is C23H20ClN3O. The Labute approximate surface area is 170 Å². The molecular weight excluding hydrogens is 370 g/mol. The predicted molar refractivity (Wildman–Crippen MR) is 113 cm³/mol. The second kappa shape index (κ2) is 9.18. The number of likely N-dealkylation sites (N-methyl/N-ethyl adjacent to an activating group) is 1. The summed E-state index contributed by atoms with van der Waals surface area (Å²) in [5.41, 5.74) is 4.28. The van der Waals surface area contributed by atoms with Crippen molar-refractivity contribution in [3.05, 3.63) is 88.9 Å². The normalized spacial score (nSPS) is 10.5. The zero-order valence-corrected chi connectivity index (χ0v) is 16.3. The molecule has 0 saturated carbocycles. The van der Waals surface area contributed by atoms with Crippen LogP contribution in [0.4, 0.5) is 5.69 Å². The smallest absolute Gasteiger partial charge is 0.238 e. The maximum absolute atomic E-state index is 12.2. The van der Waals surface area contributed by atoms with E-state index >= 15 is 0 Å². The van der Waals surface area contributed by atoms with Crippen LogP contribution in [0.25, 0.3) is 11.1 Å². The number of hydrogen-bond donors (Lipinski definition) is 1. The second-order valence-electron chi connectivity index (χ2n) is 6.55. The molecule has 0 fully saturated rings. The van der Waals surface area contributed by atoms with Crippen molar-refractivity contribution in [1.29, 1.82) is 5.26 Å². The number of halogens is 1. The fourth-order valence-electron chi connectivity index (χ4n) is 2.99. The van der Waals surface area contributed by atoms with Gasteiger partial charge in [0.15, 0.2) is 0 Å². The molecule has 28 heavy (non-hydrogen) atoms. The molecule has 0 heterocycles. The summed E-state index contributed by atoms with van der Waals surface area (Å²) in [5, 5.41) is 12.6. The maximum Gasteiger partial charge on any atom is 0.238 e. The first kappa shape index (κ1) is 19.6. The van der Waals surface area contributed by atoms with Crippen LogP contribution in [0.15, 0.2) is 72.8 Å². The van der Waals surface area contributed by atoms with Crippen molar-refractivity contribution < 1.29 is 4.79 Å². The van der Waals surface area contributed by atoms with Gasteiger partial charge in [-0.15, -0.1) is 0 Å². The van der Waals surface area contributed by atoms with Crippen molar-refractivity contribution >= 4 is 23.2 Å². The van der Waals surface area contributed by atoms with E-state index in [0.29, 0.717) is 22.8 Å². The molecule has 1 amide bonds. The third-order valence-corrected chi connectivity index (χ3v) is 4.66. The molecule has 0 radical (unpaired) electrons. The lowest BCUT2D eigenvalue weighted by Gasteiger charge is -2.17. The summed E-state index contributed by atoms with van der Waals surface area (Å²) in [6.45, 7) is 0.889. The molecule has 140 valence electrons. The van der Waals surface area contributed by atoms with Gasteiger partial charge in [-0.1, -0.05) is 66.2 Å². The number of amides is 1. The zero-order valence-electron chi connectivity index (χ0n) is 15.5. The minimum absolute atomic E-state index is 0.116. The topological polar surface area (TPSA) is 56.1 Å². The van der Waals surface area contributed by atoms with E-state index in [-0.39, 0.29) is 12.5 Å². The Balaban J connectivity index is 1.60. The fraction of sp³-hybridized carbons (Fsp3) is 0.130. The Morgan fingerprint density at radius 1 is 1.04 bits per heavy atom. The molecule has 0 saturated heterocycles. The predicted octanol–water partition coefficient (Wildman–Crippen LogP) is 4.95. The lowest BCUT2D eigenvalue weighted by Crippen LogP contribution is -2.29. The number of nitrogens with zero attached hydrogens (tertiary/aromatic N) is 2. The Morgan fingerprint density at radius 3 is 2.43 bits per heavy atom. The summed E-state index contributed by atoms with van der Waals surface area (Å²) in [6, 6.07) is 25.0. The molecule has 0 aliphatic heterocycles. The second-order valence-corrected chi connectivity index (χ2v) is 6.96. The number of benzene rings is 3. The monoisotopic (exact) mass is 389 g/mol. The molecule has 0 aliphatic rings. The molecule has 3 aromatic carbocycles. The van der Waals surface area contributed by atoms with Crippen LogP contribution in [0.2, 0.25) is 5.02 Å². The summed E-state index contributed by atoms with van der Waals surface area (Å²) < 4.78 is 0. The summed E-state index contributed by atoms with van der Waals surface area (Å²) in [4.78, 5) is 14.2. The molecule has 0 spiro atoms. The van der Waals surface area contributed by atoms with Crippen molar-refractivity contribution in [2.45, 2.75) is 6.54 Å². The lowest BCUT2D eigenvalue weighted by atomic mass is 9.99. The zero-order chi connectivity index (χ0) is 19.9. The Hall–Kier alpha value is -3.13. The van der Waals surface area contributed by atoms with E-state index in [1.165, 1.54) is 0 Å². The number of rotatable bonds is 6. The summed E-state index contributed by atoms with van der Waals surface area (Å²) >= 11 is 6.07. The van der Waals surface area contributed by atoms with Crippen LogP contribution in [0.1, 0.15) is 11.1 Å². The minimum atomic E-state index is -0.116. The lowest BCUT2D eigenvalue weighted by molar-refractivity contribution is -0.117. The number of para-hydroxylation sites is 1. The third kappa shape index (κ3) is 4.98. The van der Waals surface area contributed by atoms with E-state index in [9.17, 15) is 10.1 Å². The average Bonchev–Trinajstić information content (AvgIpc) is 2.70. The van der Waals surface area contributed by atoms with E-state index in [1.54, 1.807) is 12.1 Å². The van der Waals surface area contributed by atoms with Gasteiger partial charge >= 0.3 is 0 Å². The van der Waals surface area contributed by atoms with Gasteiger partial charge in [-0.3, -0.25) is 9.69 Å². The van der Waals surface area contributed by atoms with Gasteiger partial charge in [-0.2, -0.15) is 5.26 Å². The van der Waals surface area contributed by atoms with Gasteiger partial charge in [0.25, 0.3) is 0 Å². The molecule has 0 bridgehead atoms. The molecule has 1 N–H and O–H groups in total. The summed E-state index contributed by atoms with van der Waals surface area (Å²) in [7, 11) is 1.89. The molecule has 3 rings (SSSR count). The maximum atomic E-state index is 12.2. The Morgan fingerprint density at radius 2 is 1.71 bits per heavy atom. The van der Waals surface area contributed by atoms with E-state index in [2.05, 4.69) is 11.4 Å². The van der Waals surface area contributed by atoms with Gasteiger partial charge in [-0.05, 0) is 41.9 Å². The third-order valence-electron chi connectivity index (χ3n) is 4.33. The fourth-order valence-corrected chi connectivity index (χ4v) is 3.17. The number of hydrogen-bond acceptors (Lipinski definition) is 3. The van der Waals surface area contributed by atoms with E-state index in [1.807, 2.05) is 72.6 Å². The van der Waals surface area contributed by atoms with Gasteiger partial charge in [0.1, 0.15) is 0 Å². The van der Waals surface area contributed by atoms with Gasteiger partial charge in [0.2, 0.25) is 5.91 Å². The van der Waals surface area contributed by atoms with Crippen LogP contribution < -0.4 is 5.32 Å². The van der Waals surface area contributed by atoms with E-state index < -0.39 is 0 Å². The molecule has 0 unspecified atom stereocenters. The highest BCUT2D eigenvalue weighted by molar-refractivity contribution is 6.33. The first-order chi connectivity index (χ1) is 13.6. The molecule has 5 heteroatoms. The molecule has 4 nitrogen and oxygen atoms in total. The van der Waals surface area contributed by atoms with Gasteiger partial charge in [0.05, 0.1) is 28.9 Å². The highest BCUT2D eigenvalue weighted by Gasteiger charge is 2.10.